The van der Waals surface area contributed by atoms with Crippen LogP contribution in [-0.2, 0) is 11.4 Å². The molecule has 12 heteroatoms. The van der Waals surface area contributed by atoms with Crippen LogP contribution in [0.2, 0.25) is 0 Å². The topological polar surface area (TPSA) is 99.5 Å². The van der Waals surface area contributed by atoms with Crippen molar-refractivity contribution in [1.29, 1.82) is 0 Å². The van der Waals surface area contributed by atoms with Crippen LogP contribution in [0.25, 0.3) is 0 Å². The van der Waals surface area contributed by atoms with Gasteiger partial charge in [-0.2, -0.15) is 4.98 Å². The predicted octanol–water partition coefficient (Wildman–Crippen LogP) is 8.22. The minimum absolute atomic E-state index is 0.290. The van der Waals surface area contributed by atoms with Gasteiger partial charge in [-0.05, 0) is 90.0 Å². The van der Waals surface area contributed by atoms with Gasteiger partial charge in [0, 0.05) is 10.2 Å². The minimum atomic E-state index is -0.612. The molecule has 0 bridgehead atoms. The van der Waals surface area contributed by atoms with E-state index >= 15 is 0 Å². The number of anilines is 2. The number of thioether (sulfide) groups is 1. The molecule has 1 aromatic heterocycles. The van der Waals surface area contributed by atoms with Crippen molar-refractivity contribution in [3.63, 3.8) is 0 Å². The number of carbonyl (C=O) groups is 1. The molecule has 4 aromatic rings. The van der Waals surface area contributed by atoms with Crippen LogP contribution in [0.15, 0.2) is 86.0 Å². The van der Waals surface area contributed by atoms with E-state index in [0.29, 0.717) is 69.6 Å². The van der Waals surface area contributed by atoms with Crippen molar-refractivity contribution in [2.75, 3.05) is 29.6 Å². The Kier molecular flexibility index (Phi) is 10.5. The molecule has 1 aliphatic rings. The quantitative estimate of drug-likeness (QED) is 0.140. The second-order valence-electron chi connectivity index (χ2n) is 9.73. The summed E-state index contributed by atoms with van der Waals surface area (Å²) in [6.45, 7) is 9.00. The lowest BCUT2D eigenvalue weighted by atomic mass is 9.94. The van der Waals surface area contributed by atoms with Crippen molar-refractivity contribution >= 4 is 61.2 Å². The number of nitrogens with one attached hydrogen (secondary N) is 2. The molecule has 0 aliphatic carbocycles. The van der Waals surface area contributed by atoms with Crippen molar-refractivity contribution in [2.24, 2.45) is 0 Å². The number of ether oxygens (including phenoxy) is 3. The Bertz CT molecular complexity index is 1690. The summed E-state index contributed by atoms with van der Waals surface area (Å²) >= 11 is 8.79. The Morgan fingerprint density at radius 2 is 1.77 bits per heavy atom. The molecule has 2 N–H and O–H groups in total. The zero-order chi connectivity index (χ0) is 31.2. The Morgan fingerprint density at radius 3 is 2.52 bits per heavy atom. The summed E-state index contributed by atoms with van der Waals surface area (Å²) in [5, 5.41) is 11.8. The van der Waals surface area contributed by atoms with Gasteiger partial charge in [-0.15, -0.1) is 5.10 Å². The maximum Gasteiger partial charge on any atom is 0.255 e. The number of halogens is 2. The zero-order valence-electron chi connectivity index (χ0n) is 24.8. The first-order valence-electron chi connectivity index (χ1n) is 14.3. The molecule has 0 radical (unpaired) electrons. The molecule has 3 aromatic carbocycles. The van der Waals surface area contributed by atoms with E-state index in [-0.39, 0.29) is 5.91 Å². The number of rotatable bonds is 12. The van der Waals surface area contributed by atoms with Gasteiger partial charge in [0.25, 0.3) is 5.91 Å². The molecule has 1 aliphatic heterocycles. The molecular weight excluding hydrogens is 710 g/mol. The predicted molar refractivity (Wildman–Crippen MR) is 181 cm³/mol. The summed E-state index contributed by atoms with van der Waals surface area (Å²) < 4.78 is 21.6. The third-order valence-electron chi connectivity index (χ3n) is 6.71. The van der Waals surface area contributed by atoms with Crippen molar-refractivity contribution < 1.29 is 19.0 Å². The van der Waals surface area contributed by atoms with Gasteiger partial charge in [0.1, 0.15) is 18.4 Å². The molecule has 5 rings (SSSR count). The summed E-state index contributed by atoms with van der Waals surface area (Å²) in [7, 11) is 0. The van der Waals surface area contributed by atoms with E-state index in [4.69, 9.17) is 24.3 Å². The summed E-state index contributed by atoms with van der Waals surface area (Å²) in [5.74, 6) is 2.79. The Balaban J connectivity index is 1.57. The van der Waals surface area contributed by atoms with Gasteiger partial charge < -0.3 is 24.8 Å². The SMILES string of the molecule is CCOc1ccccc1NC(=O)C1=C(C)Nc2nc(SCC)nn2C1c1cc(Br)c(OCc2cccc(Br)c2)c(OCC)c1. The average molecular weight is 744 g/mol. The third-order valence-corrected chi connectivity index (χ3v) is 8.51. The number of fused-ring (bicyclic) bond motifs is 1. The van der Waals surface area contributed by atoms with Gasteiger partial charge in [0.15, 0.2) is 11.5 Å². The standard InChI is InChI=1S/C32H33Br2N5O4S/c1-5-41-25-14-9-8-13-24(25)36-30(40)27-19(4)35-31-37-32(44-7-3)38-39(31)28(27)21-16-23(34)29(26(17-21)42-6-2)43-18-20-11-10-12-22(33)15-20/h8-17,28H,5-7,18H2,1-4H3,(H,36,40)(H,35,37,38). The van der Waals surface area contributed by atoms with Crippen molar-refractivity contribution in [1.82, 2.24) is 14.8 Å². The Morgan fingerprint density at radius 1 is 1.00 bits per heavy atom. The van der Waals surface area contributed by atoms with Crippen molar-refractivity contribution in [3.8, 4) is 17.2 Å². The maximum atomic E-state index is 14.1. The molecular formula is C32H33Br2N5O4S. The van der Waals surface area contributed by atoms with Gasteiger partial charge in [0.05, 0.1) is 28.9 Å². The largest absolute Gasteiger partial charge is 0.492 e. The number of aromatic nitrogens is 3. The first-order chi connectivity index (χ1) is 21.3. The first-order valence-corrected chi connectivity index (χ1v) is 16.8. The van der Waals surface area contributed by atoms with Crippen LogP contribution in [0, 0.1) is 0 Å². The zero-order valence-corrected chi connectivity index (χ0v) is 28.8. The number of para-hydroxylation sites is 2. The fourth-order valence-electron chi connectivity index (χ4n) is 4.90. The number of hydrogen-bond donors (Lipinski definition) is 2. The average Bonchev–Trinajstić information content (AvgIpc) is 3.39. The number of nitrogens with zero attached hydrogens (tertiary/aromatic N) is 3. The van der Waals surface area contributed by atoms with E-state index in [0.717, 1.165) is 21.4 Å². The summed E-state index contributed by atoms with van der Waals surface area (Å²) in [6, 6.07) is 18.6. The number of carbonyl (C=O) groups excluding carboxylic acids is 1. The van der Waals surface area contributed by atoms with Gasteiger partial charge >= 0.3 is 0 Å². The molecule has 44 heavy (non-hydrogen) atoms. The second-order valence-corrected chi connectivity index (χ2v) is 12.7. The number of allylic oxidation sites excluding steroid dienone is 1. The number of hydrogen-bond acceptors (Lipinski definition) is 8. The van der Waals surface area contributed by atoms with E-state index < -0.39 is 6.04 Å². The van der Waals surface area contributed by atoms with Crippen LogP contribution in [-0.4, -0.2) is 39.6 Å². The lowest BCUT2D eigenvalue weighted by Gasteiger charge is -2.29. The summed E-state index contributed by atoms with van der Waals surface area (Å²) in [4.78, 5) is 18.8. The lowest BCUT2D eigenvalue weighted by Crippen LogP contribution is -2.31. The molecule has 1 unspecified atom stereocenters. The number of amides is 1. The van der Waals surface area contributed by atoms with Crippen LogP contribution >= 0.6 is 43.6 Å². The molecule has 0 spiro atoms. The molecule has 1 atom stereocenters. The van der Waals surface area contributed by atoms with Crippen LogP contribution < -0.4 is 24.8 Å². The molecule has 230 valence electrons. The van der Waals surface area contributed by atoms with Crippen LogP contribution in [0.1, 0.15) is 44.9 Å². The van der Waals surface area contributed by atoms with E-state index in [2.05, 4.69) is 42.5 Å². The second kappa shape index (κ2) is 14.5. The normalized spacial score (nSPS) is 14.1. The van der Waals surface area contributed by atoms with Gasteiger partial charge in [-0.25, -0.2) is 4.68 Å². The minimum Gasteiger partial charge on any atom is -0.492 e. The van der Waals surface area contributed by atoms with Gasteiger partial charge in [-0.3, -0.25) is 4.79 Å². The maximum absolute atomic E-state index is 14.1. The highest BCUT2D eigenvalue weighted by molar-refractivity contribution is 9.10. The first kappa shape index (κ1) is 31.9. The van der Waals surface area contributed by atoms with Crippen LogP contribution in [0.5, 0.6) is 17.2 Å². The molecule has 2 heterocycles. The fourth-order valence-corrected chi connectivity index (χ4v) is 6.47. The smallest absolute Gasteiger partial charge is 0.255 e. The fraction of sp³-hybridized carbons (Fsp3) is 0.281. The molecule has 0 fully saturated rings. The highest BCUT2D eigenvalue weighted by atomic mass is 79.9. The van der Waals surface area contributed by atoms with Crippen LogP contribution in [0.3, 0.4) is 0 Å². The lowest BCUT2D eigenvalue weighted by molar-refractivity contribution is -0.113. The molecule has 0 saturated heterocycles. The summed E-state index contributed by atoms with van der Waals surface area (Å²) in [6.07, 6.45) is 0. The highest BCUT2D eigenvalue weighted by Crippen LogP contribution is 2.44. The molecule has 9 nitrogen and oxygen atoms in total. The van der Waals surface area contributed by atoms with E-state index in [1.165, 1.54) is 11.8 Å². The van der Waals surface area contributed by atoms with Gasteiger partial charge in [-0.1, -0.05) is 58.9 Å². The van der Waals surface area contributed by atoms with Crippen molar-refractivity contribution in [3.05, 3.63) is 92.0 Å². The Hall–Kier alpha value is -3.48. The monoisotopic (exact) mass is 741 g/mol. The Labute approximate surface area is 278 Å². The highest BCUT2D eigenvalue weighted by Gasteiger charge is 2.36. The van der Waals surface area contributed by atoms with Crippen molar-refractivity contribution in [2.45, 2.75) is 45.5 Å². The third kappa shape index (κ3) is 7.08. The van der Waals surface area contributed by atoms with Gasteiger partial charge in [0.2, 0.25) is 11.1 Å². The van der Waals surface area contributed by atoms with Crippen LogP contribution in [0.4, 0.5) is 11.6 Å². The molecule has 1 amide bonds. The van der Waals surface area contributed by atoms with E-state index in [9.17, 15) is 4.79 Å². The van der Waals surface area contributed by atoms with E-state index in [1.807, 2.05) is 88.4 Å². The van der Waals surface area contributed by atoms with E-state index in [1.54, 1.807) is 4.68 Å². The summed E-state index contributed by atoms with van der Waals surface area (Å²) in [5.41, 5.74) is 3.52. The number of benzene rings is 3. The molecule has 0 saturated carbocycles.